The van der Waals surface area contributed by atoms with E-state index in [4.69, 9.17) is 10.5 Å². The van der Waals surface area contributed by atoms with Crippen LogP contribution in [0.15, 0.2) is 0 Å². The van der Waals surface area contributed by atoms with E-state index in [0.29, 0.717) is 13.0 Å². The fourth-order valence-electron chi connectivity index (χ4n) is 2.09. The first kappa shape index (κ1) is 16.3. The maximum Gasteiger partial charge on any atom is 0.408 e. The minimum Gasteiger partial charge on any atom is -0.444 e. The van der Waals surface area contributed by atoms with Crippen LogP contribution >= 0.6 is 0 Å². The van der Waals surface area contributed by atoms with Gasteiger partial charge in [-0.1, -0.05) is 0 Å². The van der Waals surface area contributed by atoms with E-state index in [9.17, 15) is 14.4 Å². The molecule has 7 heteroatoms. The quantitative estimate of drug-likeness (QED) is 0.782. The standard InChI is InChI=1S/C13H23N3O4/c1-13(2,3)20-12(19)15-8-10(17)16-7-5-4-6-9(16)11(14)18/h9H,4-8H2,1-3H3,(H2,14,18)(H,15,19). The summed E-state index contributed by atoms with van der Waals surface area (Å²) in [6, 6.07) is -0.573. The van der Waals surface area contributed by atoms with E-state index in [0.717, 1.165) is 12.8 Å². The van der Waals surface area contributed by atoms with Crippen molar-refractivity contribution in [2.75, 3.05) is 13.1 Å². The monoisotopic (exact) mass is 285 g/mol. The third kappa shape index (κ3) is 5.07. The fourth-order valence-corrected chi connectivity index (χ4v) is 2.09. The summed E-state index contributed by atoms with van der Waals surface area (Å²) in [5, 5.41) is 2.39. The topological polar surface area (TPSA) is 102 Å². The van der Waals surface area contributed by atoms with Crippen LogP contribution in [-0.2, 0) is 14.3 Å². The van der Waals surface area contributed by atoms with Crippen molar-refractivity contribution in [3.05, 3.63) is 0 Å². The highest BCUT2D eigenvalue weighted by atomic mass is 16.6. The molecule has 0 aromatic heterocycles. The summed E-state index contributed by atoms with van der Waals surface area (Å²) in [5.41, 5.74) is 4.67. The summed E-state index contributed by atoms with van der Waals surface area (Å²) in [6.45, 7) is 5.51. The molecule has 1 aliphatic rings. The predicted molar refractivity (Wildman–Crippen MR) is 72.8 cm³/mol. The minimum absolute atomic E-state index is 0.196. The Morgan fingerprint density at radius 3 is 2.50 bits per heavy atom. The third-order valence-electron chi connectivity index (χ3n) is 2.93. The van der Waals surface area contributed by atoms with Gasteiger partial charge in [-0.3, -0.25) is 9.59 Å². The number of alkyl carbamates (subject to hydrolysis) is 1. The van der Waals surface area contributed by atoms with Gasteiger partial charge in [-0.25, -0.2) is 4.79 Å². The summed E-state index contributed by atoms with van der Waals surface area (Å²) in [5.74, 6) is -0.824. The van der Waals surface area contributed by atoms with E-state index < -0.39 is 23.6 Å². The van der Waals surface area contributed by atoms with E-state index >= 15 is 0 Å². The van der Waals surface area contributed by atoms with Gasteiger partial charge in [-0.2, -0.15) is 0 Å². The molecule has 1 fully saturated rings. The zero-order valence-electron chi connectivity index (χ0n) is 12.3. The molecule has 0 radical (unpaired) electrons. The number of amides is 3. The summed E-state index contributed by atoms with van der Waals surface area (Å²) in [7, 11) is 0. The van der Waals surface area contributed by atoms with Crippen molar-refractivity contribution < 1.29 is 19.1 Å². The summed E-state index contributed by atoms with van der Waals surface area (Å²) >= 11 is 0. The van der Waals surface area contributed by atoms with Crippen LogP contribution in [0.25, 0.3) is 0 Å². The third-order valence-corrected chi connectivity index (χ3v) is 2.93. The number of carbonyl (C=O) groups excluding carboxylic acids is 3. The molecule has 1 heterocycles. The molecular weight excluding hydrogens is 262 g/mol. The van der Waals surface area contributed by atoms with Crippen molar-refractivity contribution in [2.24, 2.45) is 5.73 Å². The second-order valence-electron chi connectivity index (χ2n) is 5.86. The van der Waals surface area contributed by atoms with Gasteiger partial charge in [0, 0.05) is 6.54 Å². The van der Waals surface area contributed by atoms with Gasteiger partial charge in [0.2, 0.25) is 11.8 Å². The Morgan fingerprint density at radius 2 is 1.95 bits per heavy atom. The van der Waals surface area contributed by atoms with Gasteiger partial charge < -0.3 is 20.7 Å². The number of carbonyl (C=O) groups is 3. The van der Waals surface area contributed by atoms with Gasteiger partial charge in [-0.15, -0.1) is 0 Å². The molecule has 0 aromatic rings. The van der Waals surface area contributed by atoms with Crippen LogP contribution in [-0.4, -0.2) is 47.5 Å². The van der Waals surface area contributed by atoms with Crippen LogP contribution in [0.2, 0.25) is 0 Å². The normalized spacial score (nSPS) is 19.4. The molecule has 0 aromatic carbocycles. The lowest BCUT2D eigenvalue weighted by Gasteiger charge is -2.33. The molecule has 1 saturated heterocycles. The SMILES string of the molecule is CC(C)(C)OC(=O)NCC(=O)N1CCCCC1C(N)=O. The van der Waals surface area contributed by atoms with Crippen LogP contribution in [0.4, 0.5) is 4.79 Å². The Morgan fingerprint density at radius 1 is 1.30 bits per heavy atom. The van der Waals surface area contributed by atoms with Gasteiger partial charge in [0.05, 0.1) is 0 Å². The first-order chi connectivity index (χ1) is 9.20. The molecule has 3 N–H and O–H groups in total. The minimum atomic E-state index is -0.654. The van der Waals surface area contributed by atoms with E-state index in [1.807, 2.05) is 0 Å². The highest BCUT2D eigenvalue weighted by molar-refractivity contribution is 5.88. The number of primary amides is 1. The molecule has 0 bridgehead atoms. The summed E-state index contributed by atoms with van der Waals surface area (Å²) < 4.78 is 5.04. The molecule has 7 nitrogen and oxygen atoms in total. The Labute approximate surface area is 118 Å². The number of nitrogens with one attached hydrogen (secondary N) is 1. The molecule has 20 heavy (non-hydrogen) atoms. The molecule has 0 saturated carbocycles. The maximum atomic E-state index is 12.0. The zero-order valence-corrected chi connectivity index (χ0v) is 12.3. The lowest BCUT2D eigenvalue weighted by Crippen LogP contribution is -2.53. The highest BCUT2D eigenvalue weighted by Crippen LogP contribution is 2.16. The first-order valence-electron chi connectivity index (χ1n) is 6.76. The average Bonchev–Trinajstić information content (AvgIpc) is 2.33. The van der Waals surface area contributed by atoms with Crippen molar-refractivity contribution in [1.82, 2.24) is 10.2 Å². The predicted octanol–water partition coefficient (Wildman–Crippen LogP) is 0.378. The fraction of sp³-hybridized carbons (Fsp3) is 0.769. The van der Waals surface area contributed by atoms with Crippen LogP contribution in [0.5, 0.6) is 0 Å². The molecule has 114 valence electrons. The summed E-state index contributed by atoms with van der Waals surface area (Å²) in [6.07, 6.45) is 1.63. The van der Waals surface area contributed by atoms with Crippen molar-refractivity contribution in [3.63, 3.8) is 0 Å². The second kappa shape index (κ2) is 6.58. The van der Waals surface area contributed by atoms with Gasteiger partial charge >= 0.3 is 6.09 Å². The Bertz CT molecular complexity index is 390. The number of hydrogen-bond acceptors (Lipinski definition) is 4. The van der Waals surface area contributed by atoms with Crippen molar-refractivity contribution >= 4 is 17.9 Å². The van der Waals surface area contributed by atoms with Crippen LogP contribution in [0.3, 0.4) is 0 Å². The Balaban J connectivity index is 2.49. The van der Waals surface area contributed by atoms with Crippen LogP contribution in [0.1, 0.15) is 40.0 Å². The molecule has 1 unspecified atom stereocenters. The van der Waals surface area contributed by atoms with Gasteiger partial charge in [-0.05, 0) is 40.0 Å². The lowest BCUT2D eigenvalue weighted by atomic mass is 10.0. The average molecular weight is 285 g/mol. The smallest absolute Gasteiger partial charge is 0.408 e. The van der Waals surface area contributed by atoms with Gasteiger partial charge in [0.15, 0.2) is 0 Å². The lowest BCUT2D eigenvalue weighted by molar-refractivity contribution is -0.140. The Hall–Kier alpha value is -1.79. The molecule has 0 spiro atoms. The molecule has 1 rings (SSSR count). The number of likely N-dealkylation sites (tertiary alicyclic amines) is 1. The number of rotatable bonds is 3. The van der Waals surface area contributed by atoms with Crippen molar-refractivity contribution in [1.29, 1.82) is 0 Å². The second-order valence-corrected chi connectivity index (χ2v) is 5.86. The number of nitrogens with zero attached hydrogens (tertiary/aromatic N) is 1. The van der Waals surface area contributed by atoms with E-state index in [2.05, 4.69) is 5.32 Å². The number of ether oxygens (including phenoxy) is 1. The maximum absolute atomic E-state index is 12.0. The van der Waals surface area contributed by atoms with Crippen molar-refractivity contribution in [2.45, 2.75) is 51.7 Å². The molecule has 3 amide bonds. The number of hydrogen-bond donors (Lipinski definition) is 2. The largest absolute Gasteiger partial charge is 0.444 e. The van der Waals surface area contributed by atoms with Gasteiger partial charge in [0.1, 0.15) is 18.2 Å². The van der Waals surface area contributed by atoms with E-state index in [1.165, 1.54) is 4.90 Å². The van der Waals surface area contributed by atoms with E-state index in [1.54, 1.807) is 20.8 Å². The molecule has 0 aliphatic carbocycles. The number of nitrogens with two attached hydrogens (primary N) is 1. The van der Waals surface area contributed by atoms with Crippen LogP contribution < -0.4 is 11.1 Å². The molecule has 1 atom stereocenters. The highest BCUT2D eigenvalue weighted by Gasteiger charge is 2.30. The molecule has 1 aliphatic heterocycles. The van der Waals surface area contributed by atoms with Crippen LogP contribution in [0, 0.1) is 0 Å². The van der Waals surface area contributed by atoms with Crippen molar-refractivity contribution in [3.8, 4) is 0 Å². The molecular formula is C13H23N3O4. The van der Waals surface area contributed by atoms with E-state index in [-0.39, 0.29) is 12.5 Å². The van der Waals surface area contributed by atoms with Gasteiger partial charge in [0.25, 0.3) is 0 Å². The first-order valence-corrected chi connectivity index (χ1v) is 6.76. The summed E-state index contributed by atoms with van der Waals surface area (Å²) in [4.78, 5) is 36.2. The zero-order chi connectivity index (χ0) is 15.3. The number of piperidine rings is 1. The Kier molecular flexibility index (Phi) is 5.35.